The Morgan fingerprint density at radius 3 is 1.80 bits per heavy atom. The van der Waals surface area contributed by atoms with Gasteiger partial charge in [0.1, 0.15) is 47.8 Å². The Bertz CT molecular complexity index is 2940. The lowest BCUT2D eigenvalue weighted by atomic mass is 9.78. The zero-order valence-corrected chi connectivity index (χ0v) is 63.0. The maximum absolute atomic E-state index is 15.8. The van der Waals surface area contributed by atoms with Crippen molar-refractivity contribution in [2.24, 2.45) is 41.4 Å². The fourth-order valence-corrected chi connectivity index (χ4v) is 17.3. The molecule has 3 heterocycles. The van der Waals surface area contributed by atoms with E-state index >= 15 is 24.0 Å². The lowest BCUT2D eigenvalue weighted by molar-refractivity contribution is -0.182. The van der Waals surface area contributed by atoms with E-state index in [-0.39, 0.29) is 88.5 Å². The van der Waals surface area contributed by atoms with Crippen molar-refractivity contribution >= 4 is 82.5 Å². The number of carbonyl (C=O) groups is 12. The van der Waals surface area contributed by atoms with E-state index in [0.717, 1.165) is 54.7 Å². The number of rotatable bonds is 11. The number of hydrogen-bond acceptors (Lipinski definition) is 12. The molecule has 0 aromatic carbocycles. The van der Waals surface area contributed by atoms with Crippen molar-refractivity contribution in [1.29, 1.82) is 0 Å². The van der Waals surface area contributed by atoms with Gasteiger partial charge in [-0.3, -0.25) is 57.5 Å². The summed E-state index contributed by atoms with van der Waals surface area (Å²) in [5.74, 6) is -10.1. The van der Waals surface area contributed by atoms with Crippen molar-refractivity contribution in [3.8, 4) is 0 Å². The Morgan fingerprint density at radius 2 is 1.20 bits per heavy atom. The first-order chi connectivity index (χ1) is 47.6. The van der Waals surface area contributed by atoms with Crippen molar-refractivity contribution in [3.05, 3.63) is 0 Å². The second kappa shape index (κ2) is 36.4. The van der Waals surface area contributed by atoms with Gasteiger partial charge in [0, 0.05) is 74.3 Å². The van der Waals surface area contributed by atoms with Crippen LogP contribution in [0.2, 0.25) is 0 Å². The number of alkyl halides is 4. The number of amides is 12. The molecule has 0 aromatic rings. The van der Waals surface area contributed by atoms with Gasteiger partial charge in [0.25, 0.3) is 0 Å². The van der Waals surface area contributed by atoms with E-state index in [2.05, 4.69) is 22.9 Å². The molecule has 4 saturated carbocycles. The Labute approximate surface area is 601 Å². The monoisotopic (exact) mass is 1450 g/mol. The van der Waals surface area contributed by atoms with Gasteiger partial charge in [-0.25, -0.2) is 0 Å². The third-order valence-corrected chi connectivity index (χ3v) is 24.1. The summed E-state index contributed by atoms with van der Waals surface area (Å²) in [6.45, 7) is 8.73. The molecule has 4 aliphatic carbocycles. The van der Waals surface area contributed by atoms with E-state index in [9.17, 15) is 46.7 Å². The van der Waals surface area contributed by atoms with Gasteiger partial charge in [-0.15, -0.1) is 11.6 Å². The highest BCUT2D eigenvalue weighted by atomic mass is 35.5. The molecule has 1 spiro atoms. The minimum Gasteiger partial charge on any atom is -0.343 e. The van der Waals surface area contributed by atoms with E-state index in [4.69, 9.17) is 11.6 Å². The molecule has 28 heteroatoms. The Hall–Kier alpha value is -6.28. The van der Waals surface area contributed by atoms with Gasteiger partial charge >= 0.3 is 6.18 Å². The minimum absolute atomic E-state index is 0.00203. The van der Waals surface area contributed by atoms with Crippen LogP contribution < -0.4 is 16.0 Å². The molecular formula is C73H118ClF3N12O12. The Kier molecular flexibility index (Phi) is 29.6. The zero-order valence-electron chi connectivity index (χ0n) is 62.2. The van der Waals surface area contributed by atoms with Gasteiger partial charge in [-0.1, -0.05) is 98.8 Å². The number of hydrogen-bond donors (Lipinski definition) is 3. The number of halogens is 4. The molecule has 24 nitrogen and oxygen atoms in total. The predicted molar refractivity (Wildman–Crippen MR) is 374 cm³/mol. The number of nitrogens with one attached hydrogen (secondary N) is 3. The average Bonchev–Trinajstić information content (AvgIpc) is 1.76. The molecule has 3 saturated heterocycles. The van der Waals surface area contributed by atoms with E-state index in [1.165, 1.54) is 78.7 Å². The van der Waals surface area contributed by atoms with Crippen molar-refractivity contribution in [3.63, 3.8) is 0 Å². The second-order valence-electron chi connectivity index (χ2n) is 31.5. The summed E-state index contributed by atoms with van der Waals surface area (Å²) < 4.78 is 42.1. The molecule has 12 amide bonds. The molecule has 0 bridgehead atoms. The molecule has 0 radical (unpaired) electrons. The van der Waals surface area contributed by atoms with Crippen LogP contribution in [0.15, 0.2) is 0 Å². The first-order valence-electron chi connectivity index (χ1n) is 37.6. The molecular weight excluding hydrogens is 1330 g/mol. The number of nitrogens with zero attached hydrogens (tertiary/aromatic N) is 9. The van der Waals surface area contributed by atoms with Crippen LogP contribution in [0, 0.1) is 41.4 Å². The summed E-state index contributed by atoms with van der Waals surface area (Å²) in [6.07, 6.45) is 6.03. The number of fused-ring (bicyclic) bond motifs is 1. The summed E-state index contributed by atoms with van der Waals surface area (Å²) >= 11 is 6.41. The molecule has 7 fully saturated rings. The molecule has 11 atom stereocenters. The maximum atomic E-state index is 15.8. The van der Waals surface area contributed by atoms with Crippen molar-refractivity contribution in [2.75, 3.05) is 88.6 Å². The normalized spacial score (nSPS) is 31.1. The van der Waals surface area contributed by atoms with E-state index in [0.29, 0.717) is 70.4 Å². The van der Waals surface area contributed by atoms with Crippen molar-refractivity contribution in [1.82, 2.24) is 60.0 Å². The average molecular weight is 1450 g/mol. The smallest absolute Gasteiger partial charge is 0.343 e. The van der Waals surface area contributed by atoms with Crippen LogP contribution in [0.1, 0.15) is 202 Å². The van der Waals surface area contributed by atoms with Gasteiger partial charge in [0.05, 0.1) is 32.0 Å². The summed E-state index contributed by atoms with van der Waals surface area (Å²) in [4.78, 5) is 191. The van der Waals surface area contributed by atoms with Crippen LogP contribution in [0.5, 0.6) is 0 Å². The van der Waals surface area contributed by atoms with Gasteiger partial charge in [-0.05, 0) is 132 Å². The lowest BCUT2D eigenvalue weighted by Gasteiger charge is -2.43. The van der Waals surface area contributed by atoms with Crippen molar-refractivity contribution in [2.45, 2.75) is 261 Å². The van der Waals surface area contributed by atoms with E-state index < -0.39 is 174 Å². The topological polar surface area (TPSA) is 270 Å². The lowest BCUT2D eigenvalue weighted by Crippen LogP contribution is -2.65. The fraction of sp³-hybridized carbons (Fsp3) is 0.836. The standard InChI is InChI=1S/C73H118ClF3N12O12/c1-13-47(5)62-69(99)83(8)43-60(92)81(6)44-61(93)85(10)56(40-49-27-25-46(4)26-28-49)67(97)82(7)42-58(90)78-53(32-30-48-29-31-51(52(74)39-48)73(75,76)77)66(96)89-37-21-24-54(89)65(95)80-72(33-17-18-34-72)71(101)87(12)63(50-22-15-14-16-23-50)70(100)86(11)57(68(98)88-35-19-20-36-88)41-59(91)84(9)55(38-45(2)3)64(94)79-62/h45-57,62-63H,13-44H2,1-12H3,(H,78,90)(H,79,94)(H,80,95)/t46?,47-,48?,49?,51?,52?,53-,54-,55-,56-,57-,62-,63-/m0/s1. The van der Waals surface area contributed by atoms with Crippen LogP contribution in [0.4, 0.5) is 13.2 Å². The van der Waals surface area contributed by atoms with Crippen LogP contribution in [0.25, 0.3) is 0 Å². The largest absolute Gasteiger partial charge is 0.393 e. The first-order valence-corrected chi connectivity index (χ1v) is 38.0. The number of likely N-dealkylation sites (tertiary alicyclic amines) is 1. The summed E-state index contributed by atoms with van der Waals surface area (Å²) in [6, 6.07) is -8.52. The SMILES string of the molecule is CC[C@H](C)[C@@H]1NC(=O)[C@H](CC(C)C)N(C)C(=O)C[C@@H](C(=O)N2CCCC2)N(C)C(=O)[C@H](C2CCCCC2)N(C)C(=O)C2(CCCC2)NC(=O)[C@@H]2CCCN2C(=O)[C@H](CCC2CCC(C(F)(F)F)C(Cl)C2)NC(=O)CN(C)C(=O)[C@H](CC2CCC(C)CC2)N(C)C(=O)CN(C)C(=O)CN(C)C1=O. The highest BCUT2D eigenvalue weighted by Crippen LogP contribution is 2.44. The van der Waals surface area contributed by atoms with Crippen LogP contribution in [0.3, 0.4) is 0 Å². The number of carbonyl (C=O) groups excluding carboxylic acids is 12. The van der Waals surface area contributed by atoms with Crippen LogP contribution >= 0.6 is 11.6 Å². The molecule has 570 valence electrons. The van der Waals surface area contributed by atoms with E-state index in [1.54, 1.807) is 11.8 Å². The molecule has 3 N–H and O–H groups in total. The van der Waals surface area contributed by atoms with E-state index in [1.807, 2.05) is 20.8 Å². The second-order valence-corrected chi connectivity index (χ2v) is 32.1. The highest BCUT2D eigenvalue weighted by Gasteiger charge is 2.52. The molecule has 101 heavy (non-hydrogen) atoms. The maximum Gasteiger partial charge on any atom is 0.393 e. The van der Waals surface area contributed by atoms with Gasteiger partial charge in [0.15, 0.2) is 0 Å². The third-order valence-electron chi connectivity index (χ3n) is 23.6. The summed E-state index contributed by atoms with van der Waals surface area (Å²) in [7, 11) is 10.1. The van der Waals surface area contributed by atoms with Crippen molar-refractivity contribution < 1.29 is 70.7 Å². The molecule has 3 unspecified atom stereocenters. The van der Waals surface area contributed by atoms with Gasteiger partial charge in [0.2, 0.25) is 70.9 Å². The minimum atomic E-state index is -4.51. The van der Waals surface area contributed by atoms with Gasteiger partial charge < -0.3 is 60.0 Å². The number of likely N-dealkylation sites (N-methyl/N-ethyl adjacent to an activating group) is 7. The quantitative estimate of drug-likeness (QED) is 0.191. The zero-order chi connectivity index (χ0) is 74.5. The molecule has 7 rings (SSSR count). The summed E-state index contributed by atoms with van der Waals surface area (Å²) in [5, 5.41) is 7.64. The Balaban J connectivity index is 1.27. The first kappa shape index (κ1) is 82.0. The molecule has 3 aliphatic heterocycles. The Morgan fingerprint density at radius 1 is 0.594 bits per heavy atom. The van der Waals surface area contributed by atoms with Crippen LogP contribution in [-0.4, -0.2) is 263 Å². The predicted octanol–water partition coefficient (Wildman–Crippen LogP) is 6.34. The third kappa shape index (κ3) is 20.8. The molecule has 0 aromatic heterocycles. The highest BCUT2D eigenvalue weighted by molar-refractivity contribution is 6.21. The van der Waals surface area contributed by atoms with Gasteiger partial charge in [-0.2, -0.15) is 13.2 Å². The molecule has 7 aliphatic rings. The van der Waals surface area contributed by atoms with Crippen LogP contribution in [-0.2, 0) is 57.5 Å². The summed E-state index contributed by atoms with van der Waals surface area (Å²) in [5.41, 5.74) is -1.55. The fourth-order valence-electron chi connectivity index (χ4n) is 16.8.